The number of nitrogens with zero attached hydrogens (tertiary/aromatic N) is 4. The first-order valence-corrected chi connectivity index (χ1v) is 14.3. The zero-order valence-corrected chi connectivity index (χ0v) is 22.7. The maximum absolute atomic E-state index is 12.5. The van der Waals surface area contributed by atoms with Crippen LogP contribution in [0.4, 0.5) is 0 Å². The van der Waals surface area contributed by atoms with Crippen LogP contribution in [0.5, 0.6) is 5.75 Å². The standard InChI is InChI=1S/C29H37N5O2S/c1-3-4-8-19-36-26-17-13-23(14-18-26)20-30-31-27(35)21-37-29-33-32-28(24-15-11-22(2)12-16-24)34(29)25-9-6-5-7-10-25/h11-18,20,25H,3-10,19,21H2,1-2H3,(H,31,35). The van der Waals surface area contributed by atoms with Crippen molar-refractivity contribution < 1.29 is 9.53 Å². The second-order valence-electron chi connectivity index (χ2n) is 9.54. The van der Waals surface area contributed by atoms with Crippen molar-refractivity contribution in [3.8, 4) is 17.1 Å². The molecule has 1 fully saturated rings. The zero-order chi connectivity index (χ0) is 25.9. The number of thioether (sulfide) groups is 1. The number of unbranched alkanes of at least 4 members (excludes halogenated alkanes) is 2. The average Bonchev–Trinajstić information content (AvgIpc) is 3.36. The van der Waals surface area contributed by atoms with Crippen LogP contribution in [0.15, 0.2) is 58.8 Å². The monoisotopic (exact) mass is 519 g/mol. The minimum absolute atomic E-state index is 0.174. The Labute approximate surface area is 224 Å². The van der Waals surface area contributed by atoms with Gasteiger partial charge in [-0.2, -0.15) is 5.10 Å². The molecule has 1 amide bonds. The molecule has 0 atom stereocenters. The number of hydrogen-bond acceptors (Lipinski definition) is 6. The summed E-state index contributed by atoms with van der Waals surface area (Å²) < 4.78 is 7.99. The number of nitrogens with one attached hydrogen (secondary N) is 1. The summed E-state index contributed by atoms with van der Waals surface area (Å²) in [7, 11) is 0. The van der Waals surface area contributed by atoms with E-state index in [2.05, 4.69) is 63.4 Å². The first-order valence-electron chi connectivity index (χ1n) is 13.3. The van der Waals surface area contributed by atoms with Crippen LogP contribution < -0.4 is 10.2 Å². The molecule has 0 spiro atoms. The molecule has 1 saturated carbocycles. The molecule has 8 heteroatoms. The number of hydrogen-bond donors (Lipinski definition) is 1. The van der Waals surface area contributed by atoms with Gasteiger partial charge in [0, 0.05) is 11.6 Å². The molecule has 1 aromatic heterocycles. The summed E-state index contributed by atoms with van der Waals surface area (Å²) in [4.78, 5) is 12.5. The third kappa shape index (κ3) is 7.92. The summed E-state index contributed by atoms with van der Waals surface area (Å²) >= 11 is 1.41. The van der Waals surface area contributed by atoms with E-state index in [0.29, 0.717) is 6.04 Å². The topological polar surface area (TPSA) is 81.4 Å². The van der Waals surface area contributed by atoms with Gasteiger partial charge in [0.25, 0.3) is 5.91 Å². The number of hydrazone groups is 1. The summed E-state index contributed by atoms with van der Waals surface area (Å²) in [5, 5.41) is 13.9. The Morgan fingerprint density at radius 2 is 1.84 bits per heavy atom. The Kier molecular flexibility index (Phi) is 10.2. The summed E-state index contributed by atoms with van der Waals surface area (Å²) in [6.07, 6.45) is 11.0. The van der Waals surface area contributed by atoms with Crippen molar-refractivity contribution in [3.63, 3.8) is 0 Å². The molecule has 0 unspecified atom stereocenters. The van der Waals surface area contributed by atoms with E-state index >= 15 is 0 Å². The minimum atomic E-state index is -0.174. The predicted molar refractivity (Wildman–Crippen MR) is 150 cm³/mol. The summed E-state index contributed by atoms with van der Waals surface area (Å²) in [5.41, 5.74) is 5.80. The molecule has 196 valence electrons. The molecule has 0 saturated heterocycles. The first-order chi connectivity index (χ1) is 18.1. The molecule has 1 aliphatic carbocycles. The second kappa shape index (κ2) is 14.0. The summed E-state index contributed by atoms with van der Waals surface area (Å²) in [6.45, 7) is 4.99. The van der Waals surface area contributed by atoms with Gasteiger partial charge in [0.15, 0.2) is 11.0 Å². The van der Waals surface area contributed by atoms with E-state index in [0.717, 1.165) is 53.7 Å². The van der Waals surface area contributed by atoms with Crippen LogP contribution in [0.1, 0.15) is 75.5 Å². The molecule has 0 aliphatic heterocycles. The highest BCUT2D eigenvalue weighted by Crippen LogP contribution is 2.35. The number of carbonyl (C=O) groups is 1. The van der Waals surface area contributed by atoms with Crippen molar-refractivity contribution in [2.24, 2.45) is 5.10 Å². The maximum atomic E-state index is 12.5. The van der Waals surface area contributed by atoms with Crippen LogP contribution in [-0.2, 0) is 4.79 Å². The minimum Gasteiger partial charge on any atom is -0.494 e. The largest absolute Gasteiger partial charge is 0.494 e. The molecule has 0 bridgehead atoms. The van der Waals surface area contributed by atoms with Gasteiger partial charge >= 0.3 is 0 Å². The summed E-state index contributed by atoms with van der Waals surface area (Å²) in [6, 6.07) is 16.5. The number of benzene rings is 2. The number of aromatic nitrogens is 3. The van der Waals surface area contributed by atoms with Crippen molar-refractivity contribution >= 4 is 23.9 Å². The van der Waals surface area contributed by atoms with Gasteiger partial charge in [-0.05, 0) is 56.0 Å². The van der Waals surface area contributed by atoms with E-state index in [4.69, 9.17) is 4.74 Å². The van der Waals surface area contributed by atoms with Crippen LogP contribution in [0.25, 0.3) is 11.4 Å². The van der Waals surface area contributed by atoms with Crippen LogP contribution in [0, 0.1) is 6.92 Å². The molecule has 4 rings (SSSR count). The first kappa shape index (κ1) is 26.9. The van der Waals surface area contributed by atoms with Gasteiger partial charge in [-0.3, -0.25) is 9.36 Å². The Morgan fingerprint density at radius 1 is 1.08 bits per heavy atom. The Balaban J connectivity index is 1.33. The lowest BCUT2D eigenvalue weighted by Crippen LogP contribution is -2.20. The van der Waals surface area contributed by atoms with E-state index in [1.54, 1.807) is 6.21 Å². The Hall–Kier alpha value is -3.13. The molecular formula is C29H37N5O2S. The number of carbonyl (C=O) groups excluding carboxylic acids is 1. The van der Waals surface area contributed by atoms with Crippen LogP contribution in [0.3, 0.4) is 0 Å². The lowest BCUT2D eigenvalue weighted by atomic mass is 9.95. The maximum Gasteiger partial charge on any atom is 0.250 e. The van der Waals surface area contributed by atoms with Crippen molar-refractivity contribution in [1.29, 1.82) is 0 Å². The molecule has 2 aromatic carbocycles. The number of aryl methyl sites for hydroxylation is 1. The van der Waals surface area contributed by atoms with Gasteiger partial charge in [-0.1, -0.05) is 80.6 Å². The van der Waals surface area contributed by atoms with E-state index in [1.165, 1.54) is 49.4 Å². The van der Waals surface area contributed by atoms with Crippen molar-refractivity contribution in [2.45, 2.75) is 76.4 Å². The summed E-state index contributed by atoms with van der Waals surface area (Å²) in [5.74, 6) is 1.78. The lowest BCUT2D eigenvalue weighted by molar-refractivity contribution is -0.118. The van der Waals surface area contributed by atoms with Gasteiger partial charge in [-0.15, -0.1) is 10.2 Å². The fraction of sp³-hybridized carbons (Fsp3) is 0.448. The third-order valence-electron chi connectivity index (χ3n) is 6.55. The van der Waals surface area contributed by atoms with E-state index < -0.39 is 0 Å². The number of rotatable bonds is 12. The van der Waals surface area contributed by atoms with Crippen LogP contribution in [-0.4, -0.2) is 39.2 Å². The highest BCUT2D eigenvalue weighted by molar-refractivity contribution is 7.99. The molecule has 1 aliphatic rings. The van der Waals surface area contributed by atoms with Gasteiger partial charge in [0.2, 0.25) is 0 Å². The fourth-order valence-electron chi connectivity index (χ4n) is 4.48. The molecule has 7 nitrogen and oxygen atoms in total. The van der Waals surface area contributed by atoms with E-state index in [-0.39, 0.29) is 11.7 Å². The van der Waals surface area contributed by atoms with Gasteiger partial charge in [0.05, 0.1) is 18.6 Å². The Morgan fingerprint density at radius 3 is 2.57 bits per heavy atom. The van der Waals surface area contributed by atoms with Crippen molar-refractivity contribution in [2.75, 3.05) is 12.4 Å². The highest BCUT2D eigenvalue weighted by Gasteiger charge is 2.24. The number of ether oxygens (including phenoxy) is 1. The smallest absolute Gasteiger partial charge is 0.250 e. The highest BCUT2D eigenvalue weighted by atomic mass is 32.2. The molecule has 0 radical (unpaired) electrons. The normalized spacial score (nSPS) is 14.2. The van der Waals surface area contributed by atoms with Crippen molar-refractivity contribution in [3.05, 3.63) is 59.7 Å². The lowest BCUT2D eigenvalue weighted by Gasteiger charge is -2.25. The van der Waals surface area contributed by atoms with E-state index in [1.807, 2.05) is 24.3 Å². The fourth-order valence-corrected chi connectivity index (χ4v) is 5.27. The third-order valence-corrected chi connectivity index (χ3v) is 7.49. The molecule has 3 aromatic rings. The SMILES string of the molecule is CCCCCOc1ccc(C=NNC(=O)CSc2nnc(-c3ccc(C)cc3)n2C2CCCCC2)cc1. The quantitative estimate of drug-likeness (QED) is 0.127. The molecule has 37 heavy (non-hydrogen) atoms. The zero-order valence-electron chi connectivity index (χ0n) is 21.9. The number of amides is 1. The molecule has 1 heterocycles. The molecule has 1 N–H and O–H groups in total. The molecular weight excluding hydrogens is 482 g/mol. The Bertz CT molecular complexity index is 1150. The van der Waals surface area contributed by atoms with Crippen LogP contribution in [0.2, 0.25) is 0 Å². The van der Waals surface area contributed by atoms with Crippen molar-refractivity contribution in [1.82, 2.24) is 20.2 Å². The van der Waals surface area contributed by atoms with E-state index in [9.17, 15) is 4.79 Å². The van der Waals surface area contributed by atoms with Gasteiger partial charge in [-0.25, -0.2) is 5.43 Å². The van der Waals surface area contributed by atoms with Crippen LogP contribution >= 0.6 is 11.8 Å². The average molecular weight is 520 g/mol. The van der Waals surface area contributed by atoms with Gasteiger partial charge < -0.3 is 4.74 Å². The predicted octanol–water partition coefficient (Wildman–Crippen LogP) is 6.57. The van der Waals surface area contributed by atoms with Gasteiger partial charge in [0.1, 0.15) is 5.75 Å². The second-order valence-corrected chi connectivity index (χ2v) is 10.5.